The fourth-order valence-corrected chi connectivity index (χ4v) is 1.88. The Kier molecular flexibility index (Phi) is 5.92. The van der Waals surface area contributed by atoms with Gasteiger partial charge in [-0.05, 0) is 39.2 Å². The maximum atomic E-state index is 11.6. The summed E-state index contributed by atoms with van der Waals surface area (Å²) in [7, 11) is 2.09. The van der Waals surface area contributed by atoms with Gasteiger partial charge in [-0.25, -0.2) is 0 Å². The third-order valence-electron chi connectivity index (χ3n) is 3.78. The summed E-state index contributed by atoms with van der Waals surface area (Å²) in [6, 6.07) is 0.642. The Hall–Kier alpha value is -0.610. The van der Waals surface area contributed by atoms with Gasteiger partial charge in [-0.15, -0.1) is 0 Å². The molecule has 0 aliphatic heterocycles. The van der Waals surface area contributed by atoms with Crippen LogP contribution in [0, 0.1) is 5.92 Å². The number of rotatable bonds is 8. The van der Waals surface area contributed by atoms with Gasteiger partial charge in [0, 0.05) is 31.6 Å². The lowest BCUT2D eigenvalue weighted by molar-refractivity contribution is -0.121. The fourth-order valence-electron chi connectivity index (χ4n) is 1.88. The van der Waals surface area contributed by atoms with Crippen molar-refractivity contribution in [1.29, 1.82) is 0 Å². The van der Waals surface area contributed by atoms with Crippen LogP contribution in [-0.4, -0.2) is 43.0 Å². The van der Waals surface area contributed by atoms with Crippen molar-refractivity contribution in [2.24, 2.45) is 11.7 Å². The zero-order valence-corrected chi connectivity index (χ0v) is 11.4. The standard InChI is InChI=1S/C13H27N3O/c1-4-10(2)16(3)8-7-15-13(17)9-12(14)11-5-6-11/h10-12H,4-9,14H2,1-3H3,(H,15,17). The van der Waals surface area contributed by atoms with Crippen molar-refractivity contribution in [1.82, 2.24) is 10.2 Å². The molecular formula is C13H27N3O. The number of hydrogen-bond acceptors (Lipinski definition) is 3. The number of amides is 1. The third-order valence-corrected chi connectivity index (χ3v) is 3.78. The molecule has 4 nitrogen and oxygen atoms in total. The van der Waals surface area contributed by atoms with Crippen LogP contribution >= 0.6 is 0 Å². The number of nitrogens with zero attached hydrogens (tertiary/aromatic N) is 1. The van der Waals surface area contributed by atoms with Crippen LogP contribution < -0.4 is 11.1 Å². The molecule has 0 heterocycles. The van der Waals surface area contributed by atoms with Gasteiger partial charge in [0.05, 0.1) is 0 Å². The quantitative estimate of drug-likeness (QED) is 0.665. The zero-order chi connectivity index (χ0) is 12.8. The van der Waals surface area contributed by atoms with E-state index in [1.165, 1.54) is 12.8 Å². The number of likely N-dealkylation sites (N-methyl/N-ethyl adjacent to an activating group) is 1. The first-order valence-corrected chi connectivity index (χ1v) is 6.77. The van der Waals surface area contributed by atoms with Crippen molar-refractivity contribution in [2.75, 3.05) is 20.1 Å². The molecule has 1 amide bonds. The maximum absolute atomic E-state index is 11.6. The average molecular weight is 241 g/mol. The van der Waals surface area contributed by atoms with E-state index in [1.807, 2.05) is 0 Å². The Morgan fingerprint density at radius 3 is 2.71 bits per heavy atom. The largest absolute Gasteiger partial charge is 0.355 e. The van der Waals surface area contributed by atoms with Crippen LogP contribution in [0.5, 0.6) is 0 Å². The molecule has 17 heavy (non-hydrogen) atoms. The molecule has 0 radical (unpaired) electrons. The molecule has 0 aromatic carbocycles. The van der Waals surface area contributed by atoms with Gasteiger partial charge in [0.25, 0.3) is 0 Å². The first-order valence-electron chi connectivity index (χ1n) is 6.77. The van der Waals surface area contributed by atoms with Crippen molar-refractivity contribution in [3.8, 4) is 0 Å². The van der Waals surface area contributed by atoms with Gasteiger partial charge >= 0.3 is 0 Å². The van der Waals surface area contributed by atoms with Crippen LogP contribution in [0.4, 0.5) is 0 Å². The first kappa shape index (κ1) is 14.5. The summed E-state index contributed by atoms with van der Waals surface area (Å²) in [6.07, 6.45) is 4.02. The van der Waals surface area contributed by atoms with Gasteiger partial charge in [0.2, 0.25) is 5.91 Å². The van der Waals surface area contributed by atoms with Crippen molar-refractivity contribution >= 4 is 5.91 Å². The molecule has 2 unspecified atom stereocenters. The van der Waals surface area contributed by atoms with Crippen molar-refractivity contribution in [3.05, 3.63) is 0 Å². The van der Waals surface area contributed by atoms with E-state index in [9.17, 15) is 4.79 Å². The molecule has 1 fully saturated rings. The van der Waals surface area contributed by atoms with E-state index < -0.39 is 0 Å². The predicted molar refractivity (Wildman–Crippen MR) is 70.7 cm³/mol. The molecule has 0 aromatic rings. The average Bonchev–Trinajstić information content (AvgIpc) is 3.11. The summed E-state index contributed by atoms with van der Waals surface area (Å²) in [4.78, 5) is 13.9. The Bertz CT molecular complexity index is 241. The molecule has 2 atom stereocenters. The second-order valence-corrected chi connectivity index (χ2v) is 5.29. The monoisotopic (exact) mass is 241 g/mol. The van der Waals surface area contributed by atoms with Crippen molar-refractivity contribution in [2.45, 2.75) is 51.6 Å². The highest BCUT2D eigenvalue weighted by atomic mass is 16.1. The normalized spacial score (nSPS) is 19.1. The number of nitrogens with two attached hydrogens (primary N) is 1. The highest BCUT2D eigenvalue weighted by molar-refractivity contribution is 5.76. The minimum absolute atomic E-state index is 0.0716. The van der Waals surface area contributed by atoms with E-state index in [0.29, 0.717) is 18.4 Å². The summed E-state index contributed by atoms with van der Waals surface area (Å²) in [5.74, 6) is 0.700. The summed E-state index contributed by atoms with van der Waals surface area (Å²) >= 11 is 0. The predicted octanol–water partition coefficient (Wildman–Crippen LogP) is 0.960. The van der Waals surface area contributed by atoms with E-state index >= 15 is 0 Å². The molecule has 3 N–H and O–H groups in total. The highest BCUT2D eigenvalue weighted by Gasteiger charge is 2.29. The number of carbonyl (C=O) groups is 1. The van der Waals surface area contributed by atoms with E-state index in [2.05, 4.69) is 31.1 Å². The summed E-state index contributed by atoms with van der Waals surface area (Å²) < 4.78 is 0. The second kappa shape index (κ2) is 6.97. The Labute approximate surface area is 105 Å². The van der Waals surface area contributed by atoms with Crippen LogP contribution in [0.1, 0.15) is 39.5 Å². The lowest BCUT2D eigenvalue weighted by Gasteiger charge is -2.23. The molecule has 4 heteroatoms. The van der Waals surface area contributed by atoms with Gasteiger partial charge in [0.15, 0.2) is 0 Å². The van der Waals surface area contributed by atoms with Gasteiger partial charge in [-0.3, -0.25) is 4.79 Å². The fraction of sp³-hybridized carbons (Fsp3) is 0.923. The van der Waals surface area contributed by atoms with E-state index in [4.69, 9.17) is 5.73 Å². The minimum atomic E-state index is 0.0716. The molecule has 1 saturated carbocycles. The number of carbonyl (C=O) groups excluding carboxylic acids is 1. The molecule has 0 saturated heterocycles. The van der Waals surface area contributed by atoms with Crippen LogP contribution in [0.3, 0.4) is 0 Å². The Morgan fingerprint density at radius 2 is 2.18 bits per heavy atom. The highest BCUT2D eigenvalue weighted by Crippen LogP contribution is 2.32. The van der Waals surface area contributed by atoms with Gasteiger partial charge in [0.1, 0.15) is 0 Å². The molecule has 1 aliphatic carbocycles. The second-order valence-electron chi connectivity index (χ2n) is 5.29. The van der Waals surface area contributed by atoms with E-state index in [1.54, 1.807) is 0 Å². The summed E-state index contributed by atoms with van der Waals surface area (Å²) in [5.41, 5.74) is 5.91. The lowest BCUT2D eigenvalue weighted by atomic mass is 10.1. The molecule has 100 valence electrons. The smallest absolute Gasteiger partial charge is 0.221 e. The van der Waals surface area contributed by atoms with E-state index in [0.717, 1.165) is 19.5 Å². The van der Waals surface area contributed by atoms with Crippen LogP contribution in [-0.2, 0) is 4.79 Å². The molecular weight excluding hydrogens is 214 g/mol. The van der Waals surface area contributed by atoms with E-state index in [-0.39, 0.29) is 11.9 Å². The molecule has 0 spiro atoms. The number of nitrogens with one attached hydrogen (secondary N) is 1. The van der Waals surface area contributed by atoms with Gasteiger partial charge < -0.3 is 16.0 Å². The Morgan fingerprint density at radius 1 is 1.53 bits per heavy atom. The lowest BCUT2D eigenvalue weighted by Crippen LogP contribution is -2.39. The van der Waals surface area contributed by atoms with Gasteiger partial charge in [-0.1, -0.05) is 6.92 Å². The number of hydrogen-bond donors (Lipinski definition) is 2. The SMILES string of the molecule is CCC(C)N(C)CCNC(=O)CC(N)C1CC1. The van der Waals surface area contributed by atoms with Crippen LogP contribution in [0.25, 0.3) is 0 Å². The van der Waals surface area contributed by atoms with Crippen LogP contribution in [0.15, 0.2) is 0 Å². The molecule has 0 aromatic heterocycles. The summed E-state index contributed by atoms with van der Waals surface area (Å²) in [6.45, 7) is 6.00. The van der Waals surface area contributed by atoms with Crippen molar-refractivity contribution in [3.63, 3.8) is 0 Å². The summed E-state index contributed by atoms with van der Waals surface area (Å²) in [5, 5.41) is 2.95. The van der Waals surface area contributed by atoms with Gasteiger partial charge in [-0.2, -0.15) is 0 Å². The van der Waals surface area contributed by atoms with Crippen molar-refractivity contribution < 1.29 is 4.79 Å². The topological polar surface area (TPSA) is 58.4 Å². The first-order chi connectivity index (χ1) is 8.04. The third kappa shape index (κ3) is 5.50. The maximum Gasteiger partial charge on any atom is 0.221 e. The zero-order valence-electron chi connectivity index (χ0n) is 11.4. The Balaban J connectivity index is 2.06. The molecule has 0 bridgehead atoms. The molecule has 1 rings (SSSR count). The minimum Gasteiger partial charge on any atom is -0.355 e. The molecule has 1 aliphatic rings. The van der Waals surface area contributed by atoms with Crippen LogP contribution in [0.2, 0.25) is 0 Å².